The van der Waals surface area contributed by atoms with Gasteiger partial charge in [0.2, 0.25) is 5.76 Å². The number of carbonyl (C=O) groups is 2. The number of hydrogen-bond donors (Lipinski definition) is 2. The van der Waals surface area contributed by atoms with Gasteiger partial charge in [-0.1, -0.05) is 5.21 Å². The Morgan fingerprint density at radius 3 is 2.73 bits per heavy atom. The van der Waals surface area contributed by atoms with Crippen LogP contribution in [0.2, 0.25) is 0 Å². The van der Waals surface area contributed by atoms with Gasteiger partial charge in [0.15, 0.2) is 5.69 Å². The number of carboxylic acids is 2. The first-order valence-corrected chi connectivity index (χ1v) is 6.66. The van der Waals surface area contributed by atoms with Gasteiger partial charge in [-0.05, 0) is 25.0 Å². The van der Waals surface area contributed by atoms with E-state index in [2.05, 4.69) is 10.3 Å². The Morgan fingerprint density at radius 2 is 2.14 bits per heavy atom. The summed E-state index contributed by atoms with van der Waals surface area (Å²) in [6.07, 6.45) is 1.14. The normalized spacial score (nSPS) is 17.7. The van der Waals surface area contributed by atoms with E-state index in [1.807, 2.05) is 0 Å². The van der Waals surface area contributed by atoms with Crippen LogP contribution in [0.3, 0.4) is 0 Å². The first kappa shape index (κ1) is 14.3. The van der Waals surface area contributed by atoms with E-state index in [1.165, 1.54) is 16.8 Å². The van der Waals surface area contributed by atoms with Crippen molar-refractivity contribution in [1.29, 1.82) is 0 Å². The van der Waals surface area contributed by atoms with Gasteiger partial charge in [-0.15, -0.1) is 5.10 Å². The van der Waals surface area contributed by atoms with Crippen LogP contribution < -0.4 is 0 Å². The van der Waals surface area contributed by atoms with E-state index >= 15 is 0 Å². The fourth-order valence-electron chi connectivity index (χ4n) is 2.43. The SMILES string of the molecule is O=C(O)c1ccc(Cn2nnc(C(=O)O)c2C2CCCO2)o1. The van der Waals surface area contributed by atoms with E-state index < -0.39 is 11.9 Å². The Morgan fingerprint density at radius 1 is 1.32 bits per heavy atom. The minimum absolute atomic E-state index is 0.0861. The number of nitrogens with zero attached hydrogens (tertiary/aromatic N) is 3. The Balaban J connectivity index is 1.92. The maximum absolute atomic E-state index is 11.3. The summed E-state index contributed by atoms with van der Waals surface area (Å²) in [7, 11) is 0. The lowest BCUT2D eigenvalue weighted by Crippen LogP contribution is -2.13. The number of furan rings is 1. The highest BCUT2D eigenvalue weighted by molar-refractivity contribution is 5.86. The Labute approximate surface area is 124 Å². The number of rotatable bonds is 5. The molecule has 1 aliphatic heterocycles. The summed E-state index contributed by atoms with van der Waals surface area (Å²) in [6, 6.07) is 2.84. The molecule has 1 saturated heterocycles. The summed E-state index contributed by atoms with van der Waals surface area (Å²) in [5.74, 6) is -2.19. The lowest BCUT2D eigenvalue weighted by Gasteiger charge is -2.11. The molecular weight excluding hydrogens is 294 g/mol. The van der Waals surface area contributed by atoms with E-state index in [-0.39, 0.29) is 24.1 Å². The maximum atomic E-state index is 11.3. The third-order valence-corrected chi connectivity index (χ3v) is 3.39. The molecule has 9 heteroatoms. The number of ether oxygens (including phenoxy) is 1. The van der Waals surface area contributed by atoms with Gasteiger partial charge in [-0.25, -0.2) is 14.3 Å². The topological polar surface area (TPSA) is 128 Å². The zero-order valence-corrected chi connectivity index (χ0v) is 11.4. The van der Waals surface area contributed by atoms with Crippen molar-refractivity contribution in [3.63, 3.8) is 0 Å². The molecular formula is C13H13N3O6. The zero-order chi connectivity index (χ0) is 15.7. The fraction of sp³-hybridized carbons (Fsp3) is 0.385. The Bertz CT molecular complexity index is 713. The van der Waals surface area contributed by atoms with Crippen LogP contribution in [0.1, 0.15) is 51.4 Å². The molecule has 2 aromatic rings. The van der Waals surface area contributed by atoms with E-state index in [1.54, 1.807) is 0 Å². The number of aromatic carboxylic acids is 2. The molecule has 22 heavy (non-hydrogen) atoms. The third kappa shape index (κ3) is 2.58. The van der Waals surface area contributed by atoms with Crippen molar-refractivity contribution in [3.8, 4) is 0 Å². The third-order valence-electron chi connectivity index (χ3n) is 3.39. The zero-order valence-electron chi connectivity index (χ0n) is 11.4. The summed E-state index contributed by atoms with van der Waals surface area (Å²) in [5.41, 5.74) is 0.218. The van der Waals surface area contributed by atoms with Gasteiger partial charge < -0.3 is 19.4 Å². The summed E-state index contributed by atoms with van der Waals surface area (Å²) >= 11 is 0. The van der Waals surface area contributed by atoms with E-state index in [4.69, 9.17) is 14.3 Å². The molecule has 0 amide bonds. The van der Waals surface area contributed by atoms with Gasteiger partial charge in [-0.2, -0.15) is 0 Å². The molecule has 1 atom stereocenters. The summed E-state index contributed by atoms with van der Waals surface area (Å²) < 4.78 is 12.1. The molecule has 1 aliphatic rings. The van der Waals surface area contributed by atoms with Crippen molar-refractivity contribution < 1.29 is 29.0 Å². The minimum atomic E-state index is -1.18. The molecule has 2 N–H and O–H groups in total. The van der Waals surface area contributed by atoms with Gasteiger partial charge >= 0.3 is 11.9 Å². The van der Waals surface area contributed by atoms with Gasteiger partial charge in [0.25, 0.3) is 0 Å². The molecule has 116 valence electrons. The van der Waals surface area contributed by atoms with Crippen molar-refractivity contribution in [2.45, 2.75) is 25.5 Å². The smallest absolute Gasteiger partial charge is 0.371 e. The van der Waals surface area contributed by atoms with E-state index in [0.29, 0.717) is 24.5 Å². The van der Waals surface area contributed by atoms with Crippen molar-refractivity contribution in [1.82, 2.24) is 15.0 Å². The van der Waals surface area contributed by atoms with Gasteiger partial charge in [0.05, 0.1) is 0 Å². The number of hydrogen-bond acceptors (Lipinski definition) is 6. The van der Waals surface area contributed by atoms with Crippen molar-refractivity contribution >= 4 is 11.9 Å². The second-order valence-corrected chi connectivity index (χ2v) is 4.86. The average Bonchev–Trinajstić information content (AvgIpc) is 3.18. The van der Waals surface area contributed by atoms with Crippen LogP contribution in [0.25, 0.3) is 0 Å². The molecule has 9 nitrogen and oxygen atoms in total. The predicted molar refractivity (Wildman–Crippen MR) is 69.7 cm³/mol. The summed E-state index contributed by atoms with van der Waals surface area (Å²) in [6.45, 7) is 0.640. The second-order valence-electron chi connectivity index (χ2n) is 4.86. The van der Waals surface area contributed by atoms with Crippen LogP contribution in [0.5, 0.6) is 0 Å². The van der Waals surface area contributed by atoms with Gasteiger partial charge in [0.1, 0.15) is 24.1 Å². The molecule has 0 aliphatic carbocycles. The second kappa shape index (κ2) is 5.60. The van der Waals surface area contributed by atoms with Crippen molar-refractivity contribution in [2.24, 2.45) is 0 Å². The summed E-state index contributed by atoms with van der Waals surface area (Å²) in [4.78, 5) is 22.1. The molecule has 0 radical (unpaired) electrons. The minimum Gasteiger partial charge on any atom is -0.476 e. The molecule has 3 heterocycles. The standard InChI is InChI=1S/C13H13N3O6/c17-12(18)9-4-3-7(22-9)6-16-11(8-2-1-5-21-8)10(13(19)20)14-15-16/h3-4,8H,1-2,5-6H2,(H,17,18)(H,19,20). The van der Waals surface area contributed by atoms with Crippen LogP contribution in [-0.2, 0) is 11.3 Å². The highest BCUT2D eigenvalue weighted by Gasteiger charge is 2.30. The van der Waals surface area contributed by atoms with Crippen LogP contribution in [-0.4, -0.2) is 43.8 Å². The fourth-order valence-corrected chi connectivity index (χ4v) is 2.43. The maximum Gasteiger partial charge on any atom is 0.371 e. The molecule has 3 rings (SSSR count). The first-order valence-electron chi connectivity index (χ1n) is 6.66. The van der Waals surface area contributed by atoms with Crippen LogP contribution in [0.15, 0.2) is 16.5 Å². The van der Waals surface area contributed by atoms with Gasteiger partial charge in [-0.3, -0.25) is 0 Å². The average molecular weight is 307 g/mol. The van der Waals surface area contributed by atoms with Crippen LogP contribution >= 0.6 is 0 Å². The van der Waals surface area contributed by atoms with Crippen molar-refractivity contribution in [3.05, 3.63) is 35.0 Å². The van der Waals surface area contributed by atoms with E-state index in [0.717, 1.165) is 6.42 Å². The highest BCUT2D eigenvalue weighted by Crippen LogP contribution is 2.30. The molecule has 1 fully saturated rings. The van der Waals surface area contributed by atoms with Crippen LogP contribution in [0.4, 0.5) is 0 Å². The molecule has 1 unspecified atom stereocenters. The van der Waals surface area contributed by atoms with Crippen molar-refractivity contribution in [2.75, 3.05) is 6.61 Å². The molecule has 0 spiro atoms. The molecule has 0 saturated carbocycles. The monoisotopic (exact) mass is 307 g/mol. The lowest BCUT2D eigenvalue weighted by molar-refractivity contribution is 0.0656. The van der Waals surface area contributed by atoms with Crippen LogP contribution in [0, 0.1) is 0 Å². The highest BCUT2D eigenvalue weighted by atomic mass is 16.5. The largest absolute Gasteiger partial charge is 0.476 e. The Hall–Kier alpha value is -2.68. The Kier molecular flexibility index (Phi) is 3.63. The molecule has 2 aromatic heterocycles. The predicted octanol–water partition coefficient (Wildman–Crippen LogP) is 1.17. The lowest BCUT2D eigenvalue weighted by atomic mass is 10.1. The summed E-state index contributed by atoms with van der Waals surface area (Å²) in [5, 5.41) is 25.6. The quantitative estimate of drug-likeness (QED) is 0.842. The van der Waals surface area contributed by atoms with E-state index in [9.17, 15) is 14.7 Å². The number of carboxylic acid groups (broad SMARTS) is 2. The van der Waals surface area contributed by atoms with Gasteiger partial charge in [0, 0.05) is 6.61 Å². The molecule has 0 bridgehead atoms. The first-order chi connectivity index (χ1) is 10.6. The molecule has 0 aromatic carbocycles. The number of aromatic nitrogens is 3.